The number of anilines is 1. The van der Waals surface area contributed by atoms with Crippen molar-refractivity contribution < 1.29 is 4.74 Å². The predicted molar refractivity (Wildman–Crippen MR) is 96.1 cm³/mol. The summed E-state index contributed by atoms with van der Waals surface area (Å²) in [5, 5.41) is 12.9. The molecule has 1 N–H and O–H groups in total. The fraction of sp³-hybridized carbons (Fsp3) is 0.350. The molecule has 4 nitrogen and oxygen atoms in total. The van der Waals surface area contributed by atoms with Crippen molar-refractivity contribution in [2.75, 3.05) is 25.5 Å². The molecule has 124 valence electrons. The maximum Gasteiger partial charge on any atom is 0.120 e. The summed E-state index contributed by atoms with van der Waals surface area (Å²) in [4.78, 5) is 2.49. The van der Waals surface area contributed by atoms with Crippen molar-refractivity contribution in [1.29, 1.82) is 5.26 Å². The molecule has 2 aromatic rings. The summed E-state index contributed by atoms with van der Waals surface area (Å²) in [6.45, 7) is 3.16. The van der Waals surface area contributed by atoms with Crippen LogP contribution in [0, 0.1) is 11.3 Å². The van der Waals surface area contributed by atoms with Gasteiger partial charge in [-0.1, -0.05) is 30.3 Å². The van der Waals surface area contributed by atoms with Gasteiger partial charge in [0.15, 0.2) is 0 Å². The molecule has 1 fully saturated rings. The number of hydrogen-bond donors (Lipinski definition) is 1. The molecule has 1 aliphatic rings. The summed E-state index contributed by atoms with van der Waals surface area (Å²) >= 11 is 0. The van der Waals surface area contributed by atoms with Crippen LogP contribution in [-0.4, -0.2) is 31.1 Å². The lowest BCUT2D eigenvalue weighted by Crippen LogP contribution is -2.38. The lowest BCUT2D eigenvalue weighted by molar-refractivity contribution is 0.211. The van der Waals surface area contributed by atoms with Gasteiger partial charge in [0.2, 0.25) is 0 Å². The van der Waals surface area contributed by atoms with E-state index in [1.54, 1.807) is 13.2 Å². The SMILES string of the molecule is COc1ccc(NC2CCN(Cc3ccccc3)CC2)c(C#N)c1. The van der Waals surface area contributed by atoms with Gasteiger partial charge in [0.25, 0.3) is 0 Å². The van der Waals surface area contributed by atoms with E-state index in [0.29, 0.717) is 11.6 Å². The zero-order chi connectivity index (χ0) is 16.8. The summed E-state index contributed by atoms with van der Waals surface area (Å²) in [6.07, 6.45) is 2.17. The Morgan fingerprint density at radius 2 is 1.92 bits per heavy atom. The first-order chi connectivity index (χ1) is 11.8. The van der Waals surface area contributed by atoms with Gasteiger partial charge in [-0.15, -0.1) is 0 Å². The summed E-state index contributed by atoms with van der Waals surface area (Å²) in [7, 11) is 1.62. The number of benzene rings is 2. The van der Waals surface area contributed by atoms with Crippen molar-refractivity contribution in [2.45, 2.75) is 25.4 Å². The number of rotatable bonds is 5. The highest BCUT2D eigenvalue weighted by atomic mass is 16.5. The average molecular weight is 321 g/mol. The topological polar surface area (TPSA) is 48.3 Å². The lowest BCUT2D eigenvalue weighted by Gasteiger charge is -2.33. The number of nitriles is 1. The van der Waals surface area contributed by atoms with E-state index in [0.717, 1.165) is 43.9 Å². The number of methoxy groups -OCH3 is 1. The van der Waals surface area contributed by atoms with Gasteiger partial charge < -0.3 is 10.1 Å². The van der Waals surface area contributed by atoms with Crippen LogP contribution in [0.25, 0.3) is 0 Å². The van der Waals surface area contributed by atoms with Crippen LogP contribution in [0.1, 0.15) is 24.0 Å². The van der Waals surface area contributed by atoms with E-state index in [9.17, 15) is 5.26 Å². The Morgan fingerprint density at radius 3 is 2.58 bits per heavy atom. The Balaban J connectivity index is 1.55. The van der Waals surface area contributed by atoms with Gasteiger partial charge in [0.05, 0.1) is 18.4 Å². The maximum absolute atomic E-state index is 9.32. The average Bonchev–Trinajstić information content (AvgIpc) is 2.64. The van der Waals surface area contributed by atoms with Gasteiger partial charge in [-0.25, -0.2) is 0 Å². The smallest absolute Gasteiger partial charge is 0.120 e. The minimum Gasteiger partial charge on any atom is -0.497 e. The van der Waals surface area contributed by atoms with Gasteiger partial charge >= 0.3 is 0 Å². The first-order valence-electron chi connectivity index (χ1n) is 8.39. The Labute approximate surface area is 143 Å². The second-order valence-corrected chi connectivity index (χ2v) is 6.20. The summed E-state index contributed by atoms with van der Waals surface area (Å²) in [6, 6.07) is 18.9. The third kappa shape index (κ3) is 4.06. The zero-order valence-corrected chi connectivity index (χ0v) is 14.0. The zero-order valence-electron chi connectivity index (χ0n) is 14.0. The van der Waals surface area contributed by atoms with Gasteiger partial charge in [-0.05, 0) is 36.6 Å². The maximum atomic E-state index is 9.32. The summed E-state index contributed by atoms with van der Waals surface area (Å²) < 4.78 is 5.19. The number of likely N-dealkylation sites (tertiary alicyclic amines) is 1. The van der Waals surface area contributed by atoms with E-state index in [1.165, 1.54) is 5.56 Å². The molecule has 1 aliphatic heterocycles. The number of nitrogens with zero attached hydrogens (tertiary/aromatic N) is 2. The highest BCUT2D eigenvalue weighted by molar-refractivity contribution is 5.60. The van der Waals surface area contributed by atoms with Crippen LogP contribution in [0.15, 0.2) is 48.5 Å². The Hall–Kier alpha value is -2.51. The van der Waals surface area contributed by atoms with Crippen molar-refractivity contribution in [1.82, 2.24) is 4.90 Å². The van der Waals surface area contributed by atoms with Crippen molar-refractivity contribution in [2.24, 2.45) is 0 Å². The lowest BCUT2D eigenvalue weighted by atomic mass is 10.0. The quantitative estimate of drug-likeness (QED) is 0.913. The molecule has 0 amide bonds. The monoisotopic (exact) mass is 321 g/mol. The fourth-order valence-electron chi connectivity index (χ4n) is 3.17. The first-order valence-corrected chi connectivity index (χ1v) is 8.39. The molecule has 2 aromatic carbocycles. The molecule has 24 heavy (non-hydrogen) atoms. The van der Waals surface area contributed by atoms with Crippen molar-refractivity contribution in [3.8, 4) is 11.8 Å². The third-order valence-electron chi connectivity index (χ3n) is 4.54. The number of hydrogen-bond acceptors (Lipinski definition) is 4. The highest BCUT2D eigenvalue weighted by Crippen LogP contribution is 2.24. The van der Waals surface area contributed by atoms with Crippen LogP contribution in [0.3, 0.4) is 0 Å². The van der Waals surface area contributed by atoms with Crippen LogP contribution >= 0.6 is 0 Å². The Kier molecular flexibility index (Phi) is 5.35. The van der Waals surface area contributed by atoms with E-state index in [4.69, 9.17) is 4.74 Å². The first kappa shape index (κ1) is 16.4. The van der Waals surface area contributed by atoms with Gasteiger partial charge in [-0.3, -0.25) is 4.90 Å². The minimum atomic E-state index is 0.414. The molecule has 0 unspecified atom stereocenters. The fourth-order valence-corrected chi connectivity index (χ4v) is 3.17. The molecular formula is C20H23N3O. The second-order valence-electron chi connectivity index (χ2n) is 6.20. The van der Waals surface area contributed by atoms with Gasteiger partial charge in [-0.2, -0.15) is 5.26 Å². The normalized spacial score (nSPS) is 15.7. The standard InChI is InChI=1S/C20H23N3O/c1-24-19-7-8-20(17(13-19)14-21)22-18-9-11-23(12-10-18)15-16-5-3-2-4-6-16/h2-8,13,18,22H,9-12,15H2,1H3. The summed E-state index contributed by atoms with van der Waals surface area (Å²) in [5.74, 6) is 0.717. The Bertz CT molecular complexity index is 701. The molecule has 0 radical (unpaired) electrons. The van der Waals surface area contributed by atoms with E-state index in [1.807, 2.05) is 12.1 Å². The third-order valence-corrected chi connectivity index (χ3v) is 4.54. The number of nitrogens with one attached hydrogen (secondary N) is 1. The van der Waals surface area contributed by atoms with Gasteiger partial charge in [0.1, 0.15) is 11.8 Å². The Morgan fingerprint density at radius 1 is 1.17 bits per heavy atom. The molecule has 0 atom stereocenters. The molecule has 4 heteroatoms. The van der Waals surface area contributed by atoms with Crippen LogP contribution in [-0.2, 0) is 6.54 Å². The molecule has 0 aromatic heterocycles. The number of ether oxygens (including phenoxy) is 1. The van der Waals surface area contributed by atoms with E-state index >= 15 is 0 Å². The minimum absolute atomic E-state index is 0.414. The molecule has 0 spiro atoms. The van der Waals surface area contributed by atoms with Crippen molar-refractivity contribution in [3.63, 3.8) is 0 Å². The van der Waals surface area contributed by atoms with Crippen LogP contribution in [0.5, 0.6) is 5.75 Å². The van der Waals surface area contributed by atoms with Gasteiger partial charge in [0, 0.05) is 25.7 Å². The molecule has 0 bridgehead atoms. The summed E-state index contributed by atoms with van der Waals surface area (Å²) in [5.41, 5.74) is 2.91. The molecule has 0 saturated carbocycles. The van der Waals surface area contributed by atoms with E-state index in [2.05, 4.69) is 46.6 Å². The molecule has 3 rings (SSSR count). The van der Waals surface area contributed by atoms with Crippen molar-refractivity contribution in [3.05, 3.63) is 59.7 Å². The second kappa shape index (κ2) is 7.85. The van der Waals surface area contributed by atoms with E-state index in [-0.39, 0.29) is 0 Å². The molecular weight excluding hydrogens is 298 g/mol. The number of piperidine rings is 1. The molecule has 1 heterocycles. The largest absolute Gasteiger partial charge is 0.497 e. The van der Waals surface area contributed by atoms with Crippen molar-refractivity contribution >= 4 is 5.69 Å². The predicted octanol–water partition coefficient (Wildman–Crippen LogP) is 3.64. The molecule has 0 aliphatic carbocycles. The van der Waals surface area contributed by atoms with Crippen LogP contribution in [0.2, 0.25) is 0 Å². The van der Waals surface area contributed by atoms with Crippen LogP contribution < -0.4 is 10.1 Å². The van der Waals surface area contributed by atoms with E-state index < -0.39 is 0 Å². The molecule has 1 saturated heterocycles. The highest BCUT2D eigenvalue weighted by Gasteiger charge is 2.20. The van der Waals surface area contributed by atoms with Crippen LogP contribution in [0.4, 0.5) is 5.69 Å².